The third-order valence-corrected chi connectivity index (χ3v) is 3.88. The molecule has 1 aliphatic heterocycles. The molecule has 0 aromatic carbocycles. The minimum Gasteiger partial charge on any atom is -0.480 e. The molecule has 1 aromatic heterocycles. The van der Waals surface area contributed by atoms with Gasteiger partial charge in [0.2, 0.25) is 0 Å². The van der Waals surface area contributed by atoms with E-state index in [1.54, 1.807) is 6.20 Å². The Labute approximate surface area is 103 Å². The predicted octanol–water partition coefficient (Wildman–Crippen LogP) is 2.24. The van der Waals surface area contributed by atoms with Gasteiger partial charge < -0.3 is 5.11 Å². The fraction of sp³-hybridized carbons (Fsp3) is 0.600. The number of aliphatic carboxylic acids is 1. The fourth-order valence-electron chi connectivity index (χ4n) is 2.02. The molecule has 0 bridgehead atoms. The van der Waals surface area contributed by atoms with Crippen molar-refractivity contribution >= 4 is 28.9 Å². The molecule has 1 atom stereocenters. The number of piperidine rings is 1. The minimum absolute atomic E-state index is 0.352. The molecule has 88 valence electrons. The third kappa shape index (κ3) is 2.72. The van der Waals surface area contributed by atoms with Crippen LogP contribution in [0.2, 0.25) is 4.47 Å². The Balaban J connectivity index is 2.03. The van der Waals surface area contributed by atoms with Gasteiger partial charge in [-0.25, -0.2) is 4.98 Å². The van der Waals surface area contributed by atoms with Gasteiger partial charge in [-0.15, -0.1) is 11.3 Å². The number of nitrogens with zero attached hydrogens (tertiary/aromatic N) is 2. The number of hydrogen-bond donors (Lipinski definition) is 1. The first-order valence-electron chi connectivity index (χ1n) is 5.24. The molecule has 4 nitrogen and oxygen atoms in total. The second-order valence-corrected chi connectivity index (χ2v) is 5.60. The summed E-state index contributed by atoms with van der Waals surface area (Å²) in [6, 6.07) is -0.352. The molecule has 2 rings (SSSR count). The number of carboxylic acid groups (broad SMARTS) is 1. The van der Waals surface area contributed by atoms with E-state index in [-0.39, 0.29) is 6.04 Å². The molecule has 0 aliphatic carbocycles. The number of hydrogen-bond acceptors (Lipinski definition) is 4. The average Bonchev–Trinajstić information content (AvgIpc) is 2.64. The summed E-state index contributed by atoms with van der Waals surface area (Å²) in [7, 11) is 0. The normalized spacial score (nSPS) is 22.2. The average molecular weight is 261 g/mol. The van der Waals surface area contributed by atoms with Crippen molar-refractivity contribution in [2.75, 3.05) is 6.54 Å². The van der Waals surface area contributed by atoms with E-state index >= 15 is 0 Å². The summed E-state index contributed by atoms with van der Waals surface area (Å²) in [4.78, 5) is 18.1. The Morgan fingerprint density at radius 1 is 1.69 bits per heavy atom. The van der Waals surface area contributed by atoms with Crippen LogP contribution < -0.4 is 0 Å². The zero-order valence-corrected chi connectivity index (χ0v) is 10.3. The van der Waals surface area contributed by atoms with E-state index in [2.05, 4.69) is 4.98 Å². The van der Waals surface area contributed by atoms with E-state index in [4.69, 9.17) is 16.7 Å². The van der Waals surface area contributed by atoms with Crippen molar-refractivity contribution in [3.63, 3.8) is 0 Å². The van der Waals surface area contributed by atoms with Gasteiger partial charge in [-0.2, -0.15) is 0 Å². The summed E-state index contributed by atoms with van der Waals surface area (Å²) in [5.41, 5.74) is 0. The molecule has 2 heterocycles. The van der Waals surface area contributed by atoms with Crippen LogP contribution in [0.1, 0.15) is 24.1 Å². The number of halogens is 1. The van der Waals surface area contributed by atoms with E-state index in [0.717, 1.165) is 30.7 Å². The number of carboxylic acids is 1. The largest absolute Gasteiger partial charge is 0.480 e. The summed E-state index contributed by atoms with van der Waals surface area (Å²) in [5, 5.41) is 9.11. The molecule has 1 unspecified atom stereocenters. The maximum absolute atomic E-state index is 11.1. The van der Waals surface area contributed by atoms with Crippen molar-refractivity contribution in [3.05, 3.63) is 15.5 Å². The Kier molecular flexibility index (Phi) is 3.78. The number of likely N-dealkylation sites (tertiary alicyclic amines) is 1. The summed E-state index contributed by atoms with van der Waals surface area (Å²) < 4.78 is 0.513. The molecule has 0 radical (unpaired) electrons. The SMILES string of the molecule is O=C(O)C1CCCCN1Cc1cnc(Cl)s1. The van der Waals surface area contributed by atoms with Crippen LogP contribution in [0.25, 0.3) is 0 Å². The molecular formula is C10H13ClN2O2S. The van der Waals surface area contributed by atoms with Crippen LogP contribution in [-0.2, 0) is 11.3 Å². The zero-order chi connectivity index (χ0) is 11.5. The van der Waals surface area contributed by atoms with Gasteiger partial charge in [0, 0.05) is 17.6 Å². The Morgan fingerprint density at radius 3 is 3.12 bits per heavy atom. The van der Waals surface area contributed by atoms with Gasteiger partial charge in [0.15, 0.2) is 4.47 Å². The second kappa shape index (κ2) is 5.12. The van der Waals surface area contributed by atoms with Crippen LogP contribution in [0.3, 0.4) is 0 Å². The standard InChI is InChI=1S/C10H13ClN2O2S/c11-10-12-5-7(16-10)6-13-4-2-1-3-8(13)9(14)15/h5,8H,1-4,6H2,(H,14,15). The van der Waals surface area contributed by atoms with Crippen LogP contribution >= 0.6 is 22.9 Å². The van der Waals surface area contributed by atoms with Crippen LogP contribution in [0, 0.1) is 0 Å². The molecule has 1 aromatic rings. The number of thiazole rings is 1. The first-order valence-corrected chi connectivity index (χ1v) is 6.43. The summed E-state index contributed by atoms with van der Waals surface area (Å²) in [6.07, 6.45) is 4.52. The molecule has 0 saturated carbocycles. The van der Waals surface area contributed by atoms with Crippen LogP contribution in [0.5, 0.6) is 0 Å². The number of aromatic nitrogens is 1. The molecular weight excluding hydrogens is 248 g/mol. The summed E-state index contributed by atoms with van der Waals surface area (Å²) in [5.74, 6) is -0.727. The van der Waals surface area contributed by atoms with Crippen molar-refractivity contribution in [1.82, 2.24) is 9.88 Å². The van der Waals surface area contributed by atoms with Gasteiger partial charge in [-0.3, -0.25) is 9.69 Å². The van der Waals surface area contributed by atoms with Gasteiger partial charge in [0.25, 0.3) is 0 Å². The quantitative estimate of drug-likeness (QED) is 0.906. The molecule has 1 aliphatic rings. The second-order valence-electron chi connectivity index (χ2n) is 3.90. The molecule has 0 amide bonds. The van der Waals surface area contributed by atoms with Gasteiger partial charge in [0.05, 0.1) is 0 Å². The third-order valence-electron chi connectivity index (χ3n) is 2.78. The lowest BCUT2D eigenvalue weighted by Crippen LogP contribution is -2.43. The van der Waals surface area contributed by atoms with E-state index < -0.39 is 5.97 Å². The van der Waals surface area contributed by atoms with Crippen molar-refractivity contribution in [2.24, 2.45) is 0 Å². The fourth-order valence-corrected chi connectivity index (χ4v) is 3.02. The maximum Gasteiger partial charge on any atom is 0.320 e. The van der Waals surface area contributed by atoms with Crippen molar-refractivity contribution < 1.29 is 9.90 Å². The molecule has 6 heteroatoms. The van der Waals surface area contributed by atoms with Crippen molar-refractivity contribution in [3.8, 4) is 0 Å². The lowest BCUT2D eigenvalue weighted by molar-refractivity contribution is -0.144. The first-order chi connectivity index (χ1) is 7.66. The topological polar surface area (TPSA) is 53.4 Å². The first kappa shape index (κ1) is 11.8. The minimum atomic E-state index is -0.727. The van der Waals surface area contributed by atoms with E-state index in [9.17, 15) is 4.79 Å². The lowest BCUT2D eigenvalue weighted by Gasteiger charge is -2.32. The smallest absolute Gasteiger partial charge is 0.320 e. The van der Waals surface area contributed by atoms with Gasteiger partial charge in [-0.05, 0) is 19.4 Å². The Bertz CT molecular complexity index is 383. The van der Waals surface area contributed by atoms with E-state index in [1.165, 1.54) is 11.3 Å². The molecule has 0 spiro atoms. The number of rotatable bonds is 3. The van der Waals surface area contributed by atoms with E-state index in [0.29, 0.717) is 11.0 Å². The molecule has 16 heavy (non-hydrogen) atoms. The molecule has 1 N–H and O–H groups in total. The Hall–Kier alpha value is -0.650. The monoisotopic (exact) mass is 260 g/mol. The van der Waals surface area contributed by atoms with Crippen LogP contribution in [0.15, 0.2) is 6.20 Å². The highest BCUT2D eigenvalue weighted by Crippen LogP contribution is 2.24. The van der Waals surface area contributed by atoms with Gasteiger partial charge in [0.1, 0.15) is 6.04 Å². The highest BCUT2D eigenvalue weighted by Gasteiger charge is 2.28. The van der Waals surface area contributed by atoms with Gasteiger partial charge >= 0.3 is 5.97 Å². The van der Waals surface area contributed by atoms with Crippen molar-refractivity contribution in [2.45, 2.75) is 31.8 Å². The van der Waals surface area contributed by atoms with Crippen LogP contribution in [0.4, 0.5) is 0 Å². The van der Waals surface area contributed by atoms with Crippen LogP contribution in [-0.4, -0.2) is 33.5 Å². The molecule has 1 saturated heterocycles. The highest BCUT2D eigenvalue weighted by molar-refractivity contribution is 7.15. The Morgan fingerprint density at radius 2 is 2.50 bits per heavy atom. The van der Waals surface area contributed by atoms with E-state index in [1.807, 2.05) is 4.90 Å². The number of carbonyl (C=O) groups is 1. The zero-order valence-electron chi connectivity index (χ0n) is 8.73. The van der Waals surface area contributed by atoms with Gasteiger partial charge in [-0.1, -0.05) is 18.0 Å². The highest BCUT2D eigenvalue weighted by atomic mass is 35.5. The lowest BCUT2D eigenvalue weighted by atomic mass is 10.0. The predicted molar refractivity (Wildman–Crippen MR) is 62.8 cm³/mol. The van der Waals surface area contributed by atoms with Crippen molar-refractivity contribution in [1.29, 1.82) is 0 Å². The summed E-state index contributed by atoms with van der Waals surface area (Å²) in [6.45, 7) is 1.48. The summed E-state index contributed by atoms with van der Waals surface area (Å²) >= 11 is 7.16. The maximum atomic E-state index is 11.1. The molecule has 1 fully saturated rings.